The van der Waals surface area contributed by atoms with Gasteiger partial charge >= 0.3 is 19.8 Å². The van der Waals surface area contributed by atoms with Crippen molar-refractivity contribution < 1.29 is 47.8 Å². The number of aliphatic hydroxyl groups is 1. The van der Waals surface area contributed by atoms with Crippen molar-refractivity contribution in [1.29, 1.82) is 0 Å². The summed E-state index contributed by atoms with van der Waals surface area (Å²) in [6.45, 7) is 2.57. The average molecular weight is 896 g/mol. The number of carbonyl (C=O) groups is 3. The predicted molar refractivity (Wildman–Crippen MR) is 254 cm³/mol. The lowest BCUT2D eigenvalue weighted by Crippen LogP contribution is -2.43. The number of amides is 1. The molecule has 0 aliphatic heterocycles. The summed E-state index contributed by atoms with van der Waals surface area (Å²) >= 11 is 0. The van der Waals surface area contributed by atoms with Crippen LogP contribution in [0.4, 0.5) is 0 Å². The van der Waals surface area contributed by atoms with Crippen LogP contribution in [0.15, 0.2) is 48.6 Å². The molecule has 4 N–H and O–H groups in total. The van der Waals surface area contributed by atoms with E-state index >= 15 is 0 Å². The molecular formula is C50H90NO10P. The fourth-order valence-corrected chi connectivity index (χ4v) is 7.54. The van der Waals surface area contributed by atoms with Gasteiger partial charge in [-0.1, -0.05) is 197 Å². The monoisotopic (exact) mass is 896 g/mol. The number of esters is 1. The van der Waals surface area contributed by atoms with Gasteiger partial charge < -0.3 is 25.2 Å². The van der Waals surface area contributed by atoms with Gasteiger partial charge in [0.05, 0.1) is 13.2 Å². The van der Waals surface area contributed by atoms with Crippen molar-refractivity contribution in [1.82, 2.24) is 5.32 Å². The smallest absolute Gasteiger partial charge is 0.472 e. The molecule has 0 aromatic heterocycles. The molecule has 0 spiro atoms. The number of aliphatic hydroxyl groups excluding tert-OH is 1. The number of carbonyl (C=O) groups excluding carboxylic acids is 2. The molecule has 0 radical (unpaired) electrons. The normalized spacial score (nSPS) is 14.0. The van der Waals surface area contributed by atoms with E-state index in [0.717, 1.165) is 70.6 Å². The molecule has 0 aromatic rings. The largest absolute Gasteiger partial charge is 0.480 e. The van der Waals surface area contributed by atoms with Crippen LogP contribution in [-0.2, 0) is 32.7 Å². The van der Waals surface area contributed by atoms with Gasteiger partial charge in [-0.05, 0) is 57.8 Å². The van der Waals surface area contributed by atoms with E-state index in [-0.39, 0.29) is 12.8 Å². The third kappa shape index (κ3) is 44.1. The first-order valence-electron chi connectivity index (χ1n) is 24.7. The Morgan fingerprint density at radius 1 is 0.516 bits per heavy atom. The average Bonchev–Trinajstić information content (AvgIpc) is 3.25. The highest BCUT2D eigenvalue weighted by atomic mass is 31.2. The van der Waals surface area contributed by atoms with E-state index < -0.39 is 57.6 Å². The zero-order valence-electron chi connectivity index (χ0n) is 39.2. The minimum Gasteiger partial charge on any atom is -0.480 e. The van der Waals surface area contributed by atoms with Crippen molar-refractivity contribution in [2.75, 3.05) is 19.8 Å². The number of phosphoric ester groups is 1. The molecule has 0 saturated carbocycles. The molecule has 0 rings (SSSR count). The van der Waals surface area contributed by atoms with Gasteiger partial charge in [0.2, 0.25) is 5.91 Å². The number of hydrogen-bond acceptors (Lipinski definition) is 8. The molecule has 0 aromatic carbocycles. The summed E-state index contributed by atoms with van der Waals surface area (Å²) in [5, 5.41) is 21.9. The summed E-state index contributed by atoms with van der Waals surface area (Å²) in [6.07, 6.45) is 51.3. The third-order valence-electron chi connectivity index (χ3n) is 10.6. The second kappa shape index (κ2) is 45.0. The molecule has 12 heteroatoms. The number of phosphoric acid groups is 1. The second-order valence-corrected chi connectivity index (χ2v) is 18.1. The minimum atomic E-state index is -4.76. The Kier molecular flexibility index (Phi) is 43.2. The molecule has 62 heavy (non-hydrogen) atoms. The van der Waals surface area contributed by atoms with E-state index in [1.165, 1.54) is 109 Å². The molecule has 0 bridgehead atoms. The summed E-state index contributed by atoms with van der Waals surface area (Å²) in [4.78, 5) is 46.0. The SMILES string of the molecule is CCCCC/C=C\C/C=C\C/C=C\C/C=C\CCCCCCCCCC(=O)OCC(O)COP(=O)(O)OCC(NC(=O)CCCCCCCCCCCCCCCCC)C(=O)O. The Morgan fingerprint density at radius 2 is 0.887 bits per heavy atom. The lowest BCUT2D eigenvalue weighted by Gasteiger charge is -2.18. The first kappa shape index (κ1) is 59.4. The molecule has 0 aliphatic carbocycles. The first-order chi connectivity index (χ1) is 30.1. The van der Waals surface area contributed by atoms with Crippen molar-refractivity contribution in [3.8, 4) is 0 Å². The molecule has 3 unspecified atom stereocenters. The third-order valence-corrected chi connectivity index (χ3v) is 11.6. The van der Waals surface area contributed by atoms with E-state index in [1.54, 1.807) is 0 Å². The maximum Gasteiger partial charge on any atom is 0.472 e. The number of aliphatic carboxylic acids is 1. The summed E-state index contributed by atoms with van der Waals surface area (Å²) in [5.41, 5.74) is 0. The Balaban J connectivity index is 3.85. The summed E-state index contributed by atoms with van der Waals surface area (Å²) in [5.74, 6) is -2.38. The van der Waals surface area contributed by atoms with Gasteiger partial charge in [-0.2, -0.15) is 0 Å². The fourth-order valence-electron chi connectivity index (χ4n) is 6.77. The quantitative estimate of drug-likeness (QED) is 0.0200. The molecule has 0 saturated heterocycles. The van der Waals surface area contributed by atoms with Crippen molar-refractivity contribution in [3.63, 3.8) is 0 Å². The number of ether oxygens (including phenoxy) is 1. The van der Waals surface area contributed by atoms with Gasteiger partial charge in [-0.25, -0.2) is 9.36 Å². The summed E-state index contributed by atoms with van der Waals surface area (Å²) in [6, 6.07) is -1.55. The molecule has 0 aliphatic rings. The Bertz CT molecular complexity index is 1240. The number of carboxylic acid groups (broad SMARTS) is 1. The summed E-state index contributed by atoms with van der Waals surface area (Å²) in [7, 11) is -4.76. The van der Waals surface area contributed by atoms with Crippen molar-refractivity contribution >= 4 is 25.7 Å². The van der Waals surface area contributed by atoms with Crippen molar-refractivity contribution in [3.05, 3.63) is 48.6 Å². The van der Waals surface area contributed by atoms with E-state index in [2.05, 4.69) is 67.8 Å². The molecule has 0 heterocycles. The van der Waals surface area contributed by atoms with Crippen LogP contribution in [0.25, 0.3) is 0 Å². The lowest BCUT2D eigenvalue weighted by atomic mass is 10.0. The zero-order valence-corrected chi connectivity index (χ0v) is 40.1. The van der Waals surface area contributed by atoms with Crippen molar-refractivity contribution in [2.24, 2.45) is 0 Å². The van der Waals surface area contributed by atoms with Crippen LogP contribution in [0.5, 0.6) is 0 Å². The second-order valence-electron chi connectivity index (χ2n) is 16.7. The van der Waals surface area contributed by atoms with Crippen LogP contribution in [0.1, 0.15) is 219 Å². The van der Waals surface area contributed by atoms with Crippen LogP contribution in [0, 0.1) is 0 Å². The van der Waals surface area contributed by atoms with Crippen molar-refractivity contribution in [2.45, 2.75) is 231 Å². The first-order valence-corrected chi connectivity index (χ1v) is 26.2. The minimum absolute atomic E-state index is 0.147. The Hall–Kier alpha value is -2.56. The van der Waals surface area contributed by atoms with Crippen LogP contribution in [-0.4, -0.2) is 64.9 Å². The van der Waals surface area contributed by atoms with Gasteiger partial charge in [0.25, 0.3) is 0 Å². The van der Waals surface area contributed by atoms with Gasteiger partial charge in [0, 0.05) is 12.8 Å². The Morgan fingerprint density at radius 3 is 1.35 bits per heavy atom. The fraction of sp³-hybridized carbons (Fsp3) is 0.780. The van der Waals surface area contributed by atoms with Gasteiger partial charge in [-0.3, -0.25) is 18.6 Å². The molecule has 0 fully saturated rings. The van der Waals surface area contributed by atoms with E-state index in [9.17, 15) is 34.1 Å². The molecule has 11 nitrogen and oxygen atoms in total. The van der Waals surface area contributed by atoms with E-state index in [4.69, 9.17) is 13.8 Å². The Labute approximate surface area is 377 Å². The molecule has 3 atom stereocenters. The van der Waals surface area contributed by atoms with Gasteiger partial charge in [-0.15, -0.1) is 0 Å². The highest BCUT2D eigenvalue weighted by Gasteiger charge is 2.28. The number of rotatable bonds is 46. The van der Waals surface area contributed by atoms with Crippen LogP contribution >= 0.6 is 7.82 Å². The van der Waals surface area contributed by atoms with Gasteiger partial charge in [0.1, 0.15) is 12.7 Å². The maximum atomic E-state index is 12.3. The lowest BCUT2D eigenvalue weighted by molar-refractivity contribution is -0.147. The summed E-state index contributed by atoms with van der Waals surface area (Å²) < 4.78 is 26.9. The highest BCUT2D eigenvalue weighted by molar-refractivity contribution is 7.47. The van der Waals surface area contributed by atoms with E-state index in [1.807, 2.05) is 0 Å². The number of allylic oxidation sites excluding steroid dienone is 8. The van der Waals surface area contributed by atoms with Crippen LogP contribution < -0.4 is 5.32 Å². The topological polar surface area (TPSA) is 169 Å². The number of unbranched alkanes of at least 4 members (excludes halogenated alkanes) is 24. The molecular weight excluding hydrogens is 806 g/mol. The predicted octanol–water partition coefficient (Wildman–Crippen LogP) is 13.3. The maximum absolute atomic E-state index is 12.3. The molecule has 1 amide bonds. The number of carboxylic acids is 1. The number of nitrogens with one attached hydrogen (secondary N) is 1. The number of hydrogen-bond donors (Lipinski definition) is 4. The zero-order chi connectivity index (χ0) is 45.6. The van der Waals surface area contributed by atoms with Crippen LogP contribution in [0.3, 0.4) is 0 Å². The van der Waals surface area contributed by atoms with Gasteiger partial charge in [0.15, 0.2) is 6.04 Å². The highest BCUT2D eigenvalue weighted by Crippen LogP contribution is 2.43. The van der Waals surface area contributed by atoms with E-state index in [0.29, 0.717) is 12.8 Å². The van der Waals surface area contributed by atoms with Crippen LogP contribution in [0.2, 0.25) is 0 Å². The molecule has 360 valence electrons. The standard InChI is InChI=1S/C50H90NO10P/c1-3-5-7-9-11-13-15-17-19-20-21-22-23-24-25-26-28-30-32-34-36-38-40-42-49(54)59-43-46(52)44-60-62(57,58)61-45-47(50(55)56)51-48(53)41-39-37-35-33-31-29-27-18-16-14-12-10-8-6-4-2/h11,13,17,19,21-22,24-25,46-47,52H,3-10,12,14-16,18,20,23,26-45H2,1-2H3,(H,51,53)(H,55,56)(H,57,58)/b13-11-,19-17-,22-21-,25-24-.